The Morgan fingerprint density at radius 1 is 1.56 bits per heavy atom. The first kappa shape index (κ1) is 11.9. The number of amides is 3. The third kappa shape index (κ3) is 2.24. The summed E-state index contributed by atoms with van der Waals surface area (Å²) >= 11 is 0. The van der Waals surface area contributed by atoms with Crippen LogP contribution in [0.3, 0.4) is 0 Å². The van der Waals surface area contributed by atoms with Crippen LogP contribution in [-0.2, 0) is 14.3 Å². The molecular weight excluding hydrogens is 240 g/mol. The van der Waals surface area contributed by atoms with E-state index in [1.54, 1.807) is 6.07 Å². The molecule has 0 aliphatic carbocycles. The van der Waals surface area contributed by atoms with E-state index < -0.39 is 24.5 Å². The number of ether oxygens (including phenoxy) is 1. The SMILES string of the molecule is COC(=O)CN1C(=O)N/C(=C/c2ccoc2)C1=O. The van der Waals surface area contributed by atoms with Crippen molar-refractivity contribution in [1.29, 1.82) is 0 Å². The lowest BCUT2D eigenvalue weighted by atomic mass is 10.2. The van der Waals surface area contributed by atoms with Gasteiger partial charge in [-0.2, -0.15) is 0 Å². The summed E-state index contributed by atoms with van der Waals surface area (Å²) in [7, 11) is 1.18. The summed E-state index contributed by atoms with van der Waals surface area (Å²) in [6, 6.07) is 0.982. The minimum Gasteiger partial charge on any atom is -0.472 e. The van der Waals surface area contributed by atoms with Crippen LogP contribution < -0.4 is 5.32 Å². The summed E-state index contributed by atoms with van der Waals surface area (Å²) in [5.74, 6) is -1.24. The van der Waals surface area contributed by atoms with Crippen LogP contribution in [0, 0.1) is 0 Å². The maximum Gasteiger partial charge on any atom is 0.329 e. The number of methoxy groups -OCH3 is 1. The van der Waals surface area contributed by atoms with E-state index in [-0.39, 0.29) is 5.70 Å². The van der Waals surface area contributed by atoms with Gasteiger partial charge >= 0.3 is 12.0 Å². The van der Waals surface area contributed by atoms with Gasteiger partial charge in [-0.1, -0.05) is 0 Å². The van der Waals surface area contributed by atoms with E-state index in [1.807, 2.05) is 0 Å². The van der Waals surface area contributed by atoms with Gasteiger partial charge in [-0.25, -0.2) is 9.69 Å². The molecule has 2 heterocycles. The molecule has 1 aliphatic rings. The third-order valence-corrected chi connectivity index (χ3v) is 2.33. The second-order valence-corrected chi connectivity index (χ2v) is 3.51. The lowest BCUT2D eigenvalue weighted by Gasteiger charge is -2.08. The molecule has 7 heteroatoms. The summed E-state index contributed by atoms with van der Waals surface area (Å²) in [4.78, 5) is 35.2. The minimum atomic E-state index is -0.664. The maximum absolute atomic E-state index is 11.8. The first-order valence-corrected chi connectivity index (χ1v) is 5.05. The number of carbonyl (C=O) groups excluding carboxylic acids is 3. The van der Waals surface area contributed by atoms with E-state index in [0.717, 1.165) is 4.90 Å². The number of urea groups is 1. The molecule has 0 unspecified atom stereocenters. The van der Waals surface area contributed by atoms with Crippen molar-refractivity contribution in [3.63, 3.8) is 0 Å². The molecule has 1 aromatic heterocycles. The molecule has 0 spiro atoms. The molecule has 0 saturated carbocycles. The molecule has 0 aromatic carbocycles. The molecule has 7 nitrogen and oxygen atoms in total. The Balaban J connectivity index is 2.16. The van der Waals surface area contributed by atoms with Gasteiger partial charge in [-0.15, -0.1) is 0 Å². The van der Waals surface area contributed by atoms with Crippen molar-refractivity contribution in [1.82, 2.24) is 10.2 Å². The number of hydrogen-bond acceptors (Lipinski definition) is 5. The molecule has 0 atom stereocenters. The fraction of sp³-hybridized carbons (Fsp3) is 0.182. The average molecular weight is 250 g/mol. The van der Waals surface area contributed by atoms with Gasteiger partial charge in [0.2, 0.25) is 0 Å². The summed E-state index contributed by atoms with van der Waals surface area (Å²) in [6.45, 7) is -0.413. The van der Waals surface area contributed by atoms with Crippen LogP contribution in [0.2, 0.25) is 0 Å². The molecule has 1 N–H and O–H groups in total. The lowest BCUT2D eigenvalue weighted by Crippen LogP contribution is -2.36. The second kappa shape index (κ2) is 4.74. The third-order valence-electron chi connectivity index (χ3n) is 2.33. The Kier molecular flexibility index (Phi) is 3.13. The number of imide groups is 1. The summed E-state index contributed by atoms with van der Waals surface area (Å²) in [5, 5.41) is 2.37. The Hall–Kier alpha value is -2.57. The van der Waals surface area contributed by atoms with Gasteiger partial charge < -0.3 is 14.5 Å². The van der Waals surface area contributed by atoms with Gasteiger partial charge in [0, 0.05) is 5.56 Å². The topological polar surface area (TPSA) is 88.8 Å². The van der Waals surface area contributed by atoms with Crippen LogP contribution in [-0.4, -0.2) is 36.5 Å². The van der Waals surface area contributed by atoms with Crippen molar-refractivity contribution >= 4 is 24.0 Å². The number of hydrogen-bond donors (Lipinski definition) is 1. The van der Waals surface area contributed by atoms with E-state index >= 15 is 0 Å². The van der Waals surface area contributed by atoms with Gasteiger partial charge in [0.15, 0.2) is 0 Å². The zero-order valence-corrected chi connectivity index (χ0v) is 9.50. The van der Waals surface area contributed by atoms with Crippen molar-refractivity contribution in [2.75, 3.05) is 13.7 Å². The Bertz CT molecular complexity index is 518. The molecule has 18 heavy (non-hydrogen) atoms. The zero-order chi connectivity index (χ0) is 13.1. The standard InChI is InChI=1S/C11H10N2O5/c1-17-9(14)5-13-10(15)8(12-11(13)16)4-7-2-3-18-6-7/h2-4,6H,5H2,1H3,(H,12,16)/b8-4+. The van der Waals surface area contributed by atoms with Crippen molar-refractivity contribution in [2.24, 2.45) is 0 Å². The highest BCUT2D eigenvalue weighted by Gasteiger charge is 2.35. The average Bonchev–Trinajstić information content (AvgIpc) is 2.94. The number of nitrogens with zero attached hydrogens (tertiary/aromatic N) is 1. The Morgan fingerprint density at radius 2 is 2.33 bits per heavy atom. The number of esters is 1. The monoisotopic (exact) mass is 250 g/mol. The molecule has 0 radical (unpaired) electrons. The summed E-state index contributed by atoms with van der Waals surface area (Å²) in [6.07, 6.45) is 4.33. The van der Waals surface area contributed by atoms with E-state index in [4.69, 9.17) is 4.42 Å². The van der Waals surface area contributed by atoms with Gasteiger partial charge in [0.25, 0.3) is 5.91 Å². The van der Waals surface area contributed by atoms with Crippen LogP contribution in [0.25, 0.3) is 6.08 Å². The predicted molar refractivity (Wildman–Crippen MR) is 58.9 cm³/mol. The number of furan rings is 1. The van der Waals surface area contributed by atoms with Gasteiger partial charge in [0.1, 0.15) is 12.2 Å². The molecule has 3 amide bonds. The van der Waals surface area contributed by atoms with Crippen molar-refractivity contribution in [3.05, 3.63) is 29.9 Å². The fourth-order valence-electron chi connectivity index (χ4n) is 1.43. The lowest BCUT2D eigenvalue weighted by molar-refractivity contribution is -0.143. The van der Waals surface area contributed by atoms with Crippen molar-refractivity contribution in [2.45, 2.75) is 0 Å². The first-order chi connectivity index (χ1) is 8.61. The van der Waals surface area contributed by atoms with E-state index in [1.165, 1.54) is 25.7 Å². The molecule has 1 saturated heterocycles. The summed E-state index contributed by atoms with van der Waals surface area (Å²) in [5.41, 5.74) is 0.726. The molecule has 2 rings (SSSR count). The van der Waals surface area contributed by atoms with Crippen LogP contribution in [0.4, 0.5) is 4.79 Å². The molecule has 1 aliphatic heterocycles. The van der Waals surface area contributed by atoms with E-state index in [0.29, 0.717) is 5.56 Å². The maximum atomic E-state index is 11.8. The zero-order valence-electron chi connectivity index (χ0n) is 9.50. The van der Waals surface area contributed by atoms with Gasteiger partial charge in [0.05, 0.1) is 19.6 Å². The Morgan fingerprint density at radius 3 is 2.94 bits per heavy atom. The molecule has 1 fully saturated rings. The highest BCUT2D eigenvalue weighted by atomic mass is 16.5. The van der Waals surface area contributed by atoms with E-state index in [9.17, 15) is 14.4 Å². The fourth-order valence-corrected chi connectivity index (χ4v) is 1.43. The van der Waals surface area contributed by atoms with Gasteiger partial charge in [-0.05, 0) is 12.1 Å². The molecular formula is C11H10N2O5. The van der Waals surface area contributed by atoms with Crippen LogP contribution in [0.1, 0.15) is 5.56 Å². The van der Waals surface area contributed by atoms with Crippen LogP contribution in [0.15, 0.2) is 28.7 Å². The van der Waals surface area contributed by atoms with Crippen molar-refractivity contribution < 1.29 is 23.5 Å². The largest absolute Gasteiger partial charge is 0.472 e. The smallest absolute Gasteiger partial charge is 0.329 e. The predicted octanol–water partition coefficient (Wildman–Crippen LogP) is 0.345. The highest BCUT2D eigenvalue weighted by molar-refractivity contribution is 6.15. The van der Waals surface area contributed by atoms with Gasteiger partial charge in [-0.3, -0.25) is 9.59 Å². The normalized spacial score (nSPS) is 17.2. The highest BCUT2D eigenvalue weighted by Crippen LogP contribution is 2.14. The number of carbonyl (C=O) groups is 3. The quantitative estimate of drug-likeness (QED) is 0.475. The number of nitrogens with one attached hydrogen (secondary N) is 1. The molecule has 1 aromatic rings. The van der Waals surface area contributed by atoms with Crippen LogP contribution >= 0.6 is 0 Å². The van der Waals surface area contributed by atoms with Crippen molar-refractivity contribution in [3.8, 4) is 0 Å². The second-order valence-electron chi connectivity index (χ2n) is 3.51. The van der Waals surface area contributed by atoms with E-state index in [2.05, 4.69) is 10.1 Å². The van der Waals surface area contributed by atoms with Crippen LogP contribution in [0.5, 0.6) is 0 Å². The number of rotatable bonds is 3. The molecule has 0 bridgehead atoms. The first-order valence-electron chi connectivity index (χ1n) is 5.05. The minimum absolute atomic E-state index is 0.0882. The molecule has 94 valence electrons. The Labute approximate surface area is 102 Å². The summed E-state index contributed by atoms with van der Waals surface area (Å²) < 4.78 is 9.24.